The number of hydrogen-bond donors (Lipinski definition) is 2. The number of nitrogens with zero attached hydrogens (tertiary/aromatic N) is 1. The maximum atomic E-state index is 12.9. The highest BCUT2D eigenvalue weighted by molar-refractivity contribution is 5.88. The van der Waals surface area contributed by atoms with Gasteiger partial charge in [0.2, 0.25) is 5.91 Å². The Labute approximate surface area is 148 Å². The number of carboxylic acid groups (broad SMARTS) is 1. The molecular formula is C20H26N2O3. The van der Waals surface area contributed by atoms with Crippen LogP contribution in [0.4, 0.5) is 0 Å². The van der Waals surface area contributed by atoms with Gasteiger partial charge < -0.3 is 15.3 Å². The summed E-state index contributed by atoms with van der Waals surface area (Å²) in [7, 11) is 0. The third-order valence-electron chi connectivity index (χ3n) is 6.37. The second-order valence-corrected chi connectivity index (χ2v) is 8.02. The summed E-state index contributed by atoms with van der Waals surface area (Å²) in [5.41, 5.74) is 1.49. The van der Waals surface area contributed by atoms with Crippen molar-refractivity contribution in [2.24, 2.45) is 11.3 Å². The molecule has 1 spiro atoms. The zero-order chi connectivity index (χ0) is 17.4. The van der Waals surface area contributed by atoms with Gasteiger partial charge in [0.05, 0.1) is 5.92 Å². The van der Waals surface area contributed by atoms with Gasteiger partial charge in [0.15, 0.2) is 0 Å². The summed E-state index contributed by atoms with van der Waals surface area (Å²) in [6, 6.07) is 9.89. The molecule has 1 saturated carbocycles. The van der Waals surface area contributed by atoms with Crippen molar-refractivity contribution in [1.29, 1.82) is 0 Å². The Hall–Kier alpha value is -1.88. The minimum absolute atomic E-state index is 0.0191. The summed E-state index contributed by atoms with van der Waals surface area (Å²) < 4.78 is 0. The number of carbonyl (C=O) groups excluding carboxylic acids is 1. The highest BCUT2D eigenvalue weighted by Crippen LogP contribution is 2.52. The summed E-state index contributed by atoms with van der Waals surface area (Å²) in [4.78, 5) is 26.5. The maximum absolute atomic E-state index is 12.9. The summed E-state index contributed by atoms with van der Waals surface area (Å²) in [6.07, 6.45) is 4.72. The van der Waals surface area contributed by atoms with Crippen LogP contribution in [-0.2, 0) is 9.59 Å². The maximum Gasteiger partial charge on any atom is 0.308 e. The van der Waals surface area contributed by atoms with Crippen LogP contribution in [-0.4, -0.2) is 47.6 Å². The molecule has 1 amide bonds. The predicted octanol–water partition coefficient (Wildman–Crippen LogP) is 2.24. The zero-order valence-corrected chi connectivity index (χ0v) is 14.5. The molecule has 1 aliphatic carbocycles. The lowest BCUT2D eigenvalue weighted by Gasteiger charge is -2.39. The van der Waals surface area contributed by atoms with E-state index in [1.54, 1.807) is 0 Å². The van der Waals surface area contributed by atoms with Crippen LogP contribution >= 0.6 is 0 Å². The molecule has 3 fully saturated rings. The SMILES string of the molecule is O=C(O)C1CC2(CC2)CNC1C(=O)N1CCC(c2ccccc2)CC1. The van der Waals surface area contributed by atoms with E-state index in [1.807, 2.05) is 11.0 Å². The van der Waals surface area contributed by atoms with Crippen LogP contribution in [0, 0.1) is 11.3 Å². The van der Waals surface area contributed by atoms with Crippen molar-refractivity contribution in [3.8, 4) is 0 Å². The Balaban J connectivity index is 1.39. The fraction of sp³-hybridized carbons (Fsp3) is 0.600. The largest absolute Gasteiger partial charge is 0.481 e. The third-order valence-corrected chi connectivity index (χ3v) is 6.37. The van der Waals surface area contributed by atoms with Crippen LogP contribution in [0.3, 0.4) is 0 Å². The molecule has 2 saturated heterocycles. The van der Waals surface area contributed by atoms with E-state index in [4.69, 9.17) is 0 Å². The molecule has 4 rings (SSSR count). The van der Waals surface area contributed by atoms with Gasteiger partial charge in [-0.05, 0) is 49.0 Å². The lowest BCUT2D eigenvalue weighted by Crippen LogP contribution is -2.58. The number of nitrogens with one attached hydrogen (secondary N) is 1. The Bertz CT molecular complexity index is 648. The molecule has 2 unspecified atom stereocenters. The molecule has 2 heterocycles. The van der Waals surface area contributed by atoms with Gasteiger partial charge in [-0.15, -0.1) is 0 Å². The molecule has 3 aliphatic rings. The zero-order valence-electron chi connectivity index (χ0n) is 14.5. The Morgan fingerprint density at radius 1 is 1.12 bits per heavy atom. The topological polar surface area (TPSA) is 69.6 Å². The quantitative estimate of drug-likeness (QED) is 0.884. The molecule has 2 N–H and O–H groups in total. The first-order chi connectivity index (χ1) is 12.1. The summed E-state index contributed by atoms with van der Waals surface area (Å²) >= 11 is 0. The second kappa shape index (κ2) is 6.45. The van der Waals surface area contributed by atoms with E-state index in [-0.39, 0.29) is 11.3 Å². The molecule has 2 atom stereocenters. The number of rotatable bonds is 3. The Morgan fingerprint density at radius 3 is 2.40 bits per heavy atom. The van der Waals surface area contributed by atoms with Gasteiger partial charge in [0.1, 0.15) is 6.04 Å². The predicted molar refractivity (Wildman–Crippen MR) is 94.2 cm³/mol. The van der Waals surface area contributed by atoms with Crippen LogP contribution < -0.4 is 5.32 Å². The van der Waals surface area contributed by atoms with Crippen molar-refractivity contribution in [2.75, 3.05) is 19.6 Å². The van der Waals surface area contributed by atoms with E-state index in [0.717, 1.165) is 32.2 Å². The molecule has 2 aliphatic heterocycles. The molecular weight excluding hydrogens is 316 g/mol. The number of hydrogen-bond acceptors (Lipinski definition) is 3. The number of amides is 1. The van der Waals surface area contributed by atoms with Gasteiger partial charge in [-0.2, -0.15) is 0 Å². The number of carboxylic acids is 1. The molecule has 0 aromatic heterocycles. The fourth-order valence-electron chi connectivity index (χ4n) is 4.53. The van der Waals surface area contributed by atoms with Crippen LogP contribution in [0.1, 0.15) is 43.6 Å². The number of likely N-dealkylation sites (tertiary alicyclic amines) is 1. The Kier molecular flexibility index (Phi) is 4.28. The minimum Gasteiger partial charge on any atom is -0.481 e. The number of piperidine rings is 2. The average molecular weight is 342 g/mol. The van der Waals surface area contributed by atoms with E-state index in [9.17, 15) is 14.7 Å². The van der Waals surface area contributed by atoms with Crippen molar-refractivity contribution < 1.29 is 14.7 Å². The summed E-state index contributed by atoms with van der Waals surface area (Å²) in [5, 5.41) is 12.9. The van der Waals surface area contributed by atoms with Gasteiger partial charge in [-0.1, -0.05) is 30.3 Å². The van der Waals surface area contributed by atoms with E-state index >= 15 is 0 Å². The molecule has 134 valence electrons. The molecule has 1 aromatic carbocycles. The first kappa shape index (κ1) is 16.6. The molecule has 25 heavy (non-hydrogen) atoms. The number of carbonyl (C=O) groups is 2. The van der Waals surface area contributed by atoms with Crippen LogP contribution in [0.15, 0.2) is 30.3 Å². The first-order valence-corrected chi connectivity index (χ1v) is 9.38. The van der Waals surface area contributed by atoms with Crippen LogP contribution in [0.2, 0.25) is 0 Å². The molecule has 0 radical (unpaired) electrons. The monoisotopic (exact) mass is 342 g/mol. The summed E-state index contributed by atoms with van der Waals surface area (Å²) in [5.74, 6) is -0.949. The molecule has 0 bridgehead atoms. The van der Waals surface area contributed by atoms with Gasteiger partial charge in [0, 0.05) is 19.6 Å². The van der Waals surface area contributed by atoms with Gasteiger partial charge in [-0.25, -0.2) is 0 Å². The van der Waals surface area contributed by atoms with E-state index in [1.165, 1.54) is 5.56 Å². The van der Waals surface area contributed by atoms with Crippen molar-refractivity contribution in [2.45, 2.75) is 44.1 Å². The van der Waals surface area contributed by atoms with E-state index in [2.05, 4.69) is 29.6 Å². The second-order valence-electron chi connectivity index (χ2n) is 8.02. The lowest BCUT2D eigenvalue weighted by molar-refractivity contribution is -0.151. The lowest BCUT2D eigenvalue weighted by atomic mass is 9.81. The number of aliphatic carboxylic acids is 1. The standard InChI is InChI=1S/C20H26N2O3/c23-18(17-16(19(24)25)12-20(8-9-20)13-21-17)22-10-6-15(7-11-22)14-4-2-1-3-5-14/h1-5,15-17,21H,6-13H2,(H,24,25). The molecule has 5 heteroatoms. The normalized spacial score (nSPS) is 28.7. The highest BCUT2D eigenvalue weighted by atomic mass is 16.4. The van der Waals surface area contributed by atoms with E-state index in [0.29, 0.717) is 25.4 Å². The van der Waals surface area contributed by atoms with Crippen molar-refractivity contribution >= 4 is 11.9 Å². The minimum atomic E-state index is -0.837. The van der Waals surface area contributed by atoms with E-state index < -0.39 is 17.9 Å². The Morgan fingerprint density at radius 2 is 1.80 bits per heavy atom. The first-order valence-electron chi connectivity index (χ1n) is 9.38. The van der Waals surface area contributed by atoms with Gasteiger partial charge in [-0.3, -0.25) is 9.59 Å². The van der Waals surface area contributed by atoms with Crippen LogP contribution in [0.5, 0.6) is 0 Å². The number of benzene rings is 1. The van der Waals surface area contributed by atoms with Crippen molar-refractivity contribution in [3.63, 3.8) is 0 Å². The summed E-state index contributed by atoms with van der Waals surface area (Å²) in [6.45, 7) is 2.22. The molecule has 1 aromatic rings. The van der Waals surface area contributed by atoms with Gasteiger partial charge >= 0.3 is 5.97 Å². The fourth-order valence-corrected chi connectivity index (χ4v) is 4.53. The smallest absolute Gasteiger partial charge is 0.308 e. The van der Waals surface area contributed by atoms with Crippen LogP contribution in [0.25, 0.3) is 0 Å². The highest BCUT2D eigenvalue weighted by Gasteiger charge is 2.52. The third kappa shape index (κ3) is 3.30. The van der Waals surface area contributed by atoms with Crippen molar-refractivity contribution in [1.82, 2.24) is 10.2 Å². The average Bonchev–Trinajstić information content (AvgIpc) is 3.41. The molecule has 5 nitrogen and oxygen atoms in total. The van der Waals surface area contributed by atoms with Crippen molar-refractivity contribution in [3.05, 3.63) is 35.9 Å². The van der Waals surface area contributed by atoms with Gasteiger partial charge in [0.25, 0.3) is 0 Å².